The first kappa shape index (κ1) is 21.3. The van der Waals surface area contributed by atoms with Gasteiger partial charge in [-0.3, -0.25) is 0 Å². The molecule has 2 fully saturated rings. The Hall–Kier alpha value is -1.92. The molecule has 2 saturated heterocycles. The van der Waals surface area contributed by atoms with Crippen LogP contribution in [-0.2, 0) is 16.1 Å². The lowest BCUT2D eigenvalue weighted by atomic mass is 9.99. The number of rotatable bonds is 5. The maximum absolute atomic E-state index is 9.35. The number of hydrogen-bond donors (Lipinski definition) is 2. The van der Waals surface area contributed by atoms with Gasteiger partial charge in [0.1, 0.15) is 0 Å². The molecule has 0 amide bonds. The number of nitrogens with zero attached hydrogens (tertiary/aromatic N) is 1. The average Bonchev–Trinajstić information content (AvgIpc) is 2.75. The molecule has 0 unspecified atom stereocenters. The van der Waals surface area contributed by atoms with Crippen LogP contribution in [0.1, 0.15) is 67.6 Å². The zero-order valence-electron chi connectivity index (χ0n) is 17.7. The highest BCUT2D eigenvalue weighted by molar-refractivity contribution is 5.41. The highest BCUT2D eigenvalue weighted by atomic mass is 16.7. The monoisotopic (exact) mass is 410 g/mol. The molecule has 3 N–H and O–H groups in total. The van der Waals surface area contributed by atoms with Crippen molar-refractivity contribution in [2.24, 2.45) is 0 Å². The van der Waals surface area contributed by atoms with Crippen molar-refractivity contribution in [1.29, 1.82) is 0 Å². The maximum Gasteiger partial charge on any atom is 0.185 e. The van der Waals surface area contributed by atoms with E-state index in [1.54, 1.807) is 0 Å². The van der Waals surface area contributed by atoms with Crippen LogP contribution in [0.25, 0.3) is 0 Å². The number of benzene rings is 2. The molecule has 0 radical (unpaired) electrons. The Labute approximate surface area is 179 Å². The van der Waals surface area contributed by atoms with Crippen LogP contribution in [0, 0.1) is 0 Å². The number of nitrogen functional groups attached to an aromatic ring is 1. The number of aliphatic hydroxyl groups excluding tert-OH is 1. The molecule has 0 aliphatic carbocycles. The van der Waals surface area contributed by atoms with Crippen LogP contribution >= 0.6 is 0 Å². The second kappa shape index (κ2) is 10.4. The van der Waals surface area contributed by atoms with Gasteiger partial charge < -0.3 is 25.2 Å². The molecule has 30 heavy (non-hydrogen) atoms. The molecule has 2 aromatic carbocycles. The molecule has 0 spiro atoms. The quantitative estimate of drug-likeness (QED) is 0.707. The van der Waals surface area contributed by atoms with Crippen molar-refractivity contribution in [3.63, 3.8) is 0 Å². The number of ether oxygens (including phenoxy) is 2. The van der Waals surface area contributed by atoms with Crippen molar-refractivity contribution in [1.82, 2.24) is 4.90 Å². The summed E-state index contributed by atoms with van der Waals surface area (Å²) in [5.41, 5.74) is 9.73. The van der Waals surface area contributed by atoms with Crippen molar-refractivity contribution >= 4 is 5.69 Å². The summed E-state index contributed by atoms with van der Waals surface area (Å²) in [6.45, 7) is 3.30. The third-order valence-electron chi connectivity index (χ3n) is 6.21. The lowest BCUT2D eigenvalue weighted by Crippen LogP contribution is -2.40. The van der Waals surface area contributed by atoms with E-state index in [1.807, 2.05) is 36.4 Å². The minimum atomic E-state index is -0.426. The van der Waals surface area contributed by atoms with Crippen LogP contribution in [0.5, 0.6) is 0 Å². The predicted molar refractivity (Wildman–Crippen MR) is 119 cm³/mol. The topological polar surface area (TPSA) is 68.0 Å². The van der Waals surface area contributed by atoms with Gasteiger partial charge in [0.25, 0.3) is 0 Å². The maximum atomic E-state index is 9.35. The molecule has 162 valence electrons. The molecule has 0 bridgehead atoms. The van der Waals surface area contributed by atoms with Gasteiger partial charge in [-0.1, -0.05) is 55.7 Å². The second-order valence-corrected chi connectivity index (χ2v) is 8.59. The molecule has 5 heteroatoms. The summed E-state index contributed by atoms with van der Waals surface area (Å²) in [6.07, 6.45) is 7.03. The molecular weight excluding hydrogens is 376 g/mol. The molecule has 2 heterocycles. The normalized spacial score (nSPS) is 26.1. The van der Waals surface area contributed by atoms with Gasteiger partial charge in [-0.2, -0.15) is 0 Å². The van der Waals surface area contributed by atoms with E-state index in [4.69, 9.17) is 15.2 Å². The number of hydrogen-bond acceptors (Lipinski definition) is 5. The SMILES string of the molecule is Nc1cccc([C@H]2O[C@@H](CN3CCCCCCC3)C[C@@H](c3ccc(CO)cc3)O2)c1. The Morgan fingerprint density at radius 3 is 2.33 bits per heavy atom. The molecule has 3 atom stereocenters. The minimum absolute atomic E-state index is 0.0438. The van der Waals surface area contributed by atoms with E-state index < -0.39 is 6.29 Å². The lowest BCUT2D eigenvalue weighted by molar-refractivity contribution is -0.253. The van der Waals surface area contributed by atoms with E-state index in [0.29, 0.717) is 0 Å². The highest BCUT2D eigenvalue weighted by Crippen LogP contribution is 2.38. The highest BCUT2D eigenvalue weighted by Gasteiger charge is 2.33. The smallest absolute Gasteiger partial charge is 0.185 e. The van der Waals surface area contributed by atoms with Crippen LogP contribution in [-0.4, -0.2) is 35.7 Å². The van der Waals surface area contributed by atoms with Gasteiger partial charge in [0.2, 0.25) is 0 Å². The Morgan fingerprint density at radius 2 is 1.63 bits per heavy atom. The second-order valence-electron chi connectivity index (χ2n) is 8.59. The molecule has 4 rings (SSSR count). The minimum Gasteiger partial charge on any atom is -0.399 e. The van der Waals surface area contributed by atoms with Gasteiger partial charge in [0.15, 0.2) is 6.29 Å². The van der Waals surface area contributed by atoms with Crippen molar-refractivity contribution in [2.75, 3.05) is 25.4 Å². The summed E-state index contributed by atoms with van der Waals surface area (Å²) in [4.78, 5) is 2.57. The van der Waals surface area contributed by atoms with Crippen LogP contribution < -0.4 is 5.73 Å². The summed E-state index contributed by atoms with van der Waals surface area (Å²) in [6, 6.07) is 15.9. The van der Waals surface area contributed by atoms with Crippen molar-refractivity contribution in [3.8, 4) is 0 Å². The predicted octanol–water partition coefficient (Wildman–Crippen LogP) is 4.57. The fourth-order valence-electron chi connectivity index (χ4n) is 4.52. The number of aliphatic hydroxyl groups is 1. The summed E-state index contributed by atoms with van der Waals surface area (Å²) in [5.74, 6) is 0. The van der Waals surface area contributed by atoms with Crippen molar-refractivity contribution in [3.05, 3.63) is 65.2 Å². The largest absolute Gasteiger partial charge is 0.399 e. The fourth-order valence-corrected chi connectivity index (χ4v) is 4.52. The van der Waals surface area contributed by atoms with Crippen LogP contribution in [0.15, 0.2) is 48.5 Å². The van der Waals surface area contributed by atoms with Crippen LogP contribution in [0.4, 0.5) is 5.69 Å². The molecule has 0 aromatic heterocycles. The van der Waals surface area contributed by atoms with Gasteiger partial charge in [-0.05, 0) is 49.2 Å². The molecule has 2 aromatic rings. The van der Waals surface area contributed by atoms with Crippen LogP contribution in [0.2, 0.25) is 0 Å². The van der Waals surface area contributed by atoms with E-state index in [-0.39, 0.29) is 18.8 Å². The van der Waals surface area contributed by atoms with Gasteiger partial charge in [0.05, 0.1) is 18.8 Å². The molecular formula is C25H34N2O3. The fraction of sp³-hybridized carbons (Fsp3) is 0.520. The number of anilines is 1. The number of nitrogens with two attached hydrogens (primary N) is 1. The van der Waals surface area contributed by atoms with Crippen molar-refractivity contribution < 1.29 is 14.6 Å². The van der Waals surface area contributed by atoms with Crippen molar-refractivity contribution in [2.45, 2.75) is 63.6 Å². The van der Waals surface area contributed by atoms with Gasteiger partial charge in [-0.25, -0.2) is 0 Å². The summed E-state index contributed by atoms with van der Waals surface area (Å²) >= 11 is 0. The third-order valence-corrected chi connectivity index (χ3v) is 6.21. The van der Waals surface area contributed by atoms with Gasteiger partial charge >= 0.3 is 0 Å². The molecule has 2 aliphatic heterocycles. The lowest BCUT2D eigenvalue weighted by Gasteiger charge is -2.38. The Morgan fingerprint density at radius 1 is 0.900 bits per heavy atom. The Kier molecular flexibility index (Phi) is 7.39. The van der Waals surface area contributed by atoms with E-state index in [9.17, 15) is 5.11 Å². The average molecular weight is 411 g/mol. The van der Waals surface area contributed by atoms with E-state index in [2.05, 4.69) is 17.0 Å². The van der Waals surface area contributed by atoms with E-state index in [1.165, 1.54) is 32.1 Å². The molecule has 5 nitrogen and oxygen atoms in total. The van der Waals surface area contributed by atoms with Gasteiger partial charge in [0, 0.05) is 24.2 Å². The summed E-state index contributed by atoms with van der Waals surface area (Å²) in [5, 5.41) is 9.35. The zero-order chi connectivity index (χ0) is 20.8. The standard InChI is InChI=1S/C25H34N2O3/c26-22-8-6-7-21(15-22)25-29-23(17-27-13-4-2-1-3-5-14-27)16-24(30-25)20-11-9-19(18-28)10-12-20/h6-12,15,23-25,28H,1-5,13-14,16-18,26H2/t23-,24+,25+/m1/s1. The zero-order valence-corrected chi connectivity index (χ0v) is 17.7. The van der Waals surface area contributed by atoms with Gasteiger partial charge in [-0.15, -0.1) is 0 Å². The Bertz CT molecular complexity index is 787. The third kappa shape index (κ3) is 5.61. The molecule has 0 saturated carbocycles. The first-order valence-electron chi connectivity index (χ1n) is 11.3. The summed E-state index contributed by atoms with van der Waals surface area (Å²) in [7, 11) is 0. The van der Waals surface area contributed by atoms with Crippen LogP contribution in [0.3, 0.4) is 0 Å². The molecule has 2 aliphatic rings. The van der Waals surface area contributed by atoms with E-state index in [0.717, 1.165) is 48.4 Å². The Balaban J connectivity index is 1.52. The summed E-state index contributed by atoms with van der Waals surface area (Å²) < 4.78 is 12.8. The van der Waals surface area contributed by atoms with E-state index >= 15 is 0 Å². The first-order chi connectivity index (χ1) is 14.7. The first-order valence-corrected chi connectivity index (χ1v) is 11.3. The number of likely N-dealkylation sites (tertiary alicyclic amines) is 1.